The van der Waals surface area contributed by atoms with E-state index in [9.17, 15) is 4.79 Å². The highest BCUT2D eigenvalue weighted by Crippen LogP contribution is 2.33. The van der Waals surface area contributed by atoms with Gasteiger partial charge in [-0.15, -0.1) is 0 Å². The van der Waals surface area contributed by atoms with Crippen molar-refractivity contribution in [3.05, 3.63) is 35.5 Å². The van der Waals surface area contributed by atoms with E-state index in [2.05, 4.69) is 5.16 Å². The highest BCUT2D eigenvalue weighted by atomic mass is 16.5. The lowest BCUT2D eigenvalue weighted by Crippen LogP contribution is -2.11. The van der Waals surface area contributed by atoms with Crippen LogP contribution >= 0.6 is 0 Å². The summed E-state index contributed by atoms with van der Waals surface area (Å²) in [6.07, 6.45) is 0. The lowest BCUT2D eigenvalue weighted by atomic mass is 10.1. The molecule has 106 valence electrons. The molecule has 1 N–H and O–H groups in total. The quantitative estimate of drug-likeness (QED) is 0.901. The molecule has 0 aliphatic rings. The third kappa shape index (κ3) is 2.80. The Bertz CT molecular complexity index is 619. The summed E-state index contributed by atoms with van der Waals surface area (Å²) in [6.45, 7) is 0.705. The molecule has 0 unspecified atom stereocenters. The van der Waals surface area contributed by atoms with E-state index in [0.717, 1.165) is 5.56 Å². The highest BCUT2D eigenvalue weighted by molar-refractivity contribution is 5.86. The van der Waals surface area contributed by atoms with Gasteiger partial charge in [-0.2, -0.15) is 0 Å². The molecule has 1 heterocycles. The van der Waals surface area contributed by atoms with Crippen LogP contribution in [-0.4, -0.2) is 42.3 Å². The van der Waals surface area contributed by atoms with E-state index in [0.29, 0.717) is 23.6 Å². The fourth-order valence-electron chi connectivity index (χ4n) is 1.99. The summed E-state index contributed by atoms with van der Waals surface area (Å²) in [5.41, 5.74) is 1.55. The molecular formula is C14H16N2O4. The van der Waals surface area contributed by atoms with Gasteiger partial charge in [0, 0.05) is 18.2 Å². The first-order chi connectivity index (χ1) is 9.52. The second-order valence-corrected chi connectivity index (χ2v) is 4.62. The maximum Gasteiger partial charge on any atom is 0.358 e. The Balaban J connectivity index is 2.47. The first kappa shape index (κ1) is 14.1. The molecule has 2 rings (SSSR count). The minimum atomic E-state index is -1.12. The van der Waals surface area contributed by atoms with Crippen LogP contribution in [0, 0.1) is 0 Å². The van der Waals surface area contributed by atoms with E-state index in [1.807, 2.05) is 37.2 Å². The van der Waals surface area contributed by atoms with Crippen LogP contribution in [0.15, 0.2) is 28.8 Å². The number of benzene rings is 1. The van der Waals surface area contributed by atoms with Gasteiger partial charge in [-0.05, 0) is 20.2 Å². The van der Waals surface area contributed by atoms with E-state index >= 15 is 0 Å². The summed E-state index contributed by atoms with van der Waals surface area (Å²) < 4.78 is 10.5. The van der Waals surface area contributed by atoms with Gasteiger partial charge in [0.25, 0.3) is 0 Å². The monoisotopic (exact) mass is 276 g/mol. The van der Waals surface area contributed by atoms with E-state index < -0.39 is 5.97 Å². The minimum absolute atomic E-state index is 0.125. The number of rotatable bonds is 5. The summed E-state index contributed by atoms with van der Waals surface area (Å²) >= 11 is 0. The standard InChI is InChI=1S/C14H16N2O4/c1-16(2)8-9-5-4-6-10(13(9)19-3)12-7-11(14(17)18)15-20-12/h4-7H,8H2,1-3H3,(H,17,18). The van der Waals surface area contributed by atoms with Crippen LogP contribution in [0.2, 0.25) is 0 Å². The van der Waals surface area contributed by atoms with Gasteiger partial charge in [-0.3, -0.25) is 0 Å². The van der Waals surface area contributed by atoms with Crippen LogP contribution in [0.25, 0.3) is 11.3 Å². The molecule has 0 radical (unpaired) electrons. The number of hydrogen-bond acceptors (Lipinski definition) is 5. The molecule has 0 aliphatic carbocycles. The summed E-state index contributed by atoms with van der Waals surface area (Å²) in [5, 5.41) is 12.4. The predicted octanol–water partition coefficient (Wildman–Crippen LogP) is 2.11. The number of aromatic nitrogens is 1. The molecule has 0 bridgehead atoms. The van der Waals surface area contributed by atoms with Crippen molar-refractivity contribution in [3.63, 3.8) is 0 Å². The highest BCUT2D eigenvalue weighted by Gasteiger charge is 2.17. The van der Waals surface area contributed by atoms with Crippen molar-refractivity contribution in [3.8, 4) is 17.1 Å². The van der Waals surface area contributed by atoms with Crippen molar-refractivity contribution in [2.24, 2.45) is 0 Å². The van der Waals surface area contributed by atoms with E-state index in [1.54, 1.807) is 7.11 Å². The number of methoxy groups -OCH3 is 1. The third-order valence-corrected chi connectivity index (χ3v) is 2.78. The molecular weight excluding hydrogens is 260 g/mol. The van der Waals surface area contributed by atoms with Crippen molar-refractivity contribution >= 4 is 5.97 Å². The van der Waals surface area contributed by atoms with Gasteiger partial charge in [0.05, 0.1) is 12.7 Å². The minimum Gasteiger partial charge on any atom is -0.496 e. The Kier molecular flexibility index (Phi) is 4.05. The average Bonchev–Trinajstić information content (AvgIpc) is 2.87. The number of aromatic carboxylic acids is 1. The molecule has 2 aromatic rings. The second kappa shape index (κ2) is 5.75. The van der Waals surface area contributed by atoms with Crippen molar-refractivity contribution in [2.45, 2.75) is 6.54 Å². The van der Waals surface area contributed by atoms with Crippen LogP contribution in [0.1, 0.15) is 16.1 Å². The summed E-state index contributed by atoms with van der Waals surface area (Å²) in [7, 11) is 5.50. The smallest absolute Gasteiger partial charge is 0.358 e. The molecule has 0 saturated carbocycles. The Hall–Kier alpha value is -2.34. The summed E-state index contributed by atoms with van der Waals surface area (Å²) in [4.78, 5) is 12.9. The summed E-state index contributed by atoms with van der Waals surface area (Å²) in [6, 6.07) is 7.03. The van der Waals surface area contributed by atoms with E-state index in [4.69, 9.17) is 14.4 Å². The number of para-hydroxylation sites is 1. The van der Waals surface area contributed by atoms with Crippen LogP contribution in [0.4, 0.5) is 0 Å². The Morgan fingerprint density at radius 2 is 2.20 bits per heavy atom. The van der Waals surface area contributed by atoms with Crippen molar-refractivity contribution in [1.29, 1.82) is 0 Å². The molecule has 0 aliphatic heterocycles. The van der Waals surface area contributed by atoms with Gasteiger partial charge in [-0.25, -0.2) is 4.79 Å². The molecule has 6 nitrogen and oxygen atoms in total. The molecule has 0 saturated heterocycles. The van der Waals surface area contributed by atoms with Crippen LogP contribution in [0.5, 0.6) is 5.75 Å². The molecule has 0 amide bonds. The fraction of sp³-hybridized carbons (Fsp3) is 0.286. The van der Waals surface area contributed by atoms with Gasteiger partial charge in [0.2, 0.25) is 0 Å². The topological polar surface area (TPSA) is 75.8 Å². The van der Waals surface area contributed by atoms with Crippen molar-refractivity contribution in [1.82, 2.24) is 10.1 Å². The van der Waals surface area contributed by atoms with Crippen molar-refractivity contribution < 1.29 is 19.2 Å². The Labute approximate surface area is 116 Å². The molecule has 20 heavy (non-hydrogen) atoms. The first-order valence-electron chi connectivity index (χ1n) is 6.04. The van der Waals surface area contributed by atoms with Crippen molar-refractivity contribution in [2.75, 3.05) is 21.2 Å². The Morgan fingerprint density at radius 1 is 1.45 bits per heavy atom. The fourth-order valence-corrected chi connectivity index (χ4v) is 1.99. The zero-order valence-corrected chi connectivity index (χ0v) is 11.6. The van der Waals surface area contributed by atoms with Gasteiger partial charge < -0.3 is 19.3 Å². The number of ether oxygens (including phenoxy) is 1. The maximum absolute atomic E-state index is 10.9. The number of carboxylic acid groups (broad SMARTS) is 1. The van der Waals surface area contributed by atoms with Crippen LogP contribution in [-0.2, 0) is 6.54 Å². The van der Waals surface area contributed by atoms with E-state index in [1.165, 1.54) is 6.07 Å². The number of hydrogen-bond donors (Lipinski definition) is 1. The molecule has 0 spiro atoms. The maximum atomic E-state index is 10.9. The number of nitrogens with zero attached hydrogens (tertiary/aromatic N) is 2. The second-order valence-electron chi connectivity index (χ2n) is 4.62. The lowest BCUT2D eigenvalue weighted by Gasteiger charge is -2.15. The molecule has 0 fully saturated rings. The van der Waals surface area contributed by atoms with Gasteiger partial charge in [0.1, 0.15) is 5.75 Å². The normalized spacial score (nSPS) is 10.8. The zero-order valence-electron chi connectivity index (χ0n) is 11.6. The largest absolute Gasteiger partial charge is 0.496 e. The number of carboxylic acids is 1. The third-order valence-electron chi connectivity index (χ3n) is 2.78. The van der Waals surface area contributed by atoms with Gasteiger partial charge in [0.15, 0.2) is 11.5 Å². The van der Waals surface area contributed by atoms with Gasteiger partial charge >= 0.3 is 5.97 Å². The average molecular weight is 276 g/mol. The molecule has 0 atom stereocenters. The molecule has 6 heteroatoms. The SMILES string of the molecule is COc1c(CN(C)C)cccc1-c1cc(C(=O)O)no1. The first-order valence-corrected chi connectivity index (χ1v) is 6.04. The van der Waals surface area contributed by atoms with Gasteiger partial charge in [-0.1, -0.05) is 17.3 Å². The molecule has 1 aromatic heterocycles. The van der Waals surface area contributed by atoms with Crippen LogP contribution < -0.4 is 4.74 Å². The Morgan fingerprint density at radius 3 is 2.75 bits per heavy atom. The van der Waals surface area contributed by atoms with E-state index in [-0.39, 0.29) is 5.69 Å². The number of carbonyl (C=O) groups is 1. The molecule has 1 aromatic carbocycles. The zero-order chi connectivity index (χ0) is 14.7. The summed E-state index contributed by atoms with van der Waals surface area (Å²) in [5.74, 6) is -0.0856. The lowest BCUT2D eigenvalue weighted by molar-refractivity contribution is 0.0686. The van der Waals surface area contributed by atoms with Crippen LogP contribution in [0.3, 0.4) is 0 Å². The predicted molar refractivity (Wildman–Crippen MR) is 72.8 cm³/mol.